The fourth-order valence-corrected chi connectivity index (χ4v) is 4.04. The largest absolute Gasteiger partial charge is 0.489 e. The Hall–Kier alpha value is -3.17. The van der Waals surface area contributed by atoms with Gasteiger partial charge in [-0.15, -0.1) is 0 Å². The van der Waals surface area contributed by atoms with E-state index in [2.05, 4.69) is 15.9 Å². The van der Waals surface area contributed by atoms with E-state index in [4.69, 9.17) is 4.74 Å². The minimum Gasteiger partial charge on any atom is -0.489 e. The number of hydrogen-bond donors (Lipinski definition) is 0. The Morgan fingerprint density at radius 1 is 0.667 bits per heavy atom. The number of ether oxygens (including phenoxy) is 1. The van der Waals surface area contributed by atoms with Gasteiger partial charge in [0.15, 0.2) is 0 Å². The molecule has 0 N–H and O–H groups in total. The maximum atomic E-state index is 14.5. The van der Waals surface area contributed by atoms with Gasteiger partial charge in [-0.05, 0) is 50.8 Å². The Balaban J connectivity index is 1.68. The van der Waals surface area contributed by atoms with E-state index < -0.39 is 0 Å². The predicted molar refractivity (Wildman–Crippen MR) is 125 cm³/mol. The quantitative estimate of drug-likeness (QED) is 0.268. The van der Waals surface area contributed by atoms with E-state index in [1.165, 1.54) is 6.07 Å². The van der Waals surface area contributed by atoms with Gasteiger partial charge in [-0.2, -0.15) is 0 Å². The van der Waals surface area contributed by atoms with Gasteiger partial charge in [0.25, 0.3) is 0 Å². The zero-order valence-corrected chi connectivity index (χ0v) is 17.8. The third-order valence-electron chi connectivity index (χ3n) is 4.78. The average Bonchev–Trinajstić information content (AvgIpc) is 2.80. The molecule has 0 saturated heterocycles. The van der Waals surface area contributed by atoms with Crippen LogP contribution in [-0.4, -0.2) is 0 Å². The lowest BCUT2D eigenvalue weighted by Crippen LogP contribution is -1.96. The fraction of sp³-hybridized carbons (Fsp3) is 0.0370. The molecular formula is C27H20BrFO. The lowest BCUT2D eigenvalue weighted by atomic mass is 9.95. The van der Waals surface area contributed by atoms with Crippen molar-refractivity contribution in [1.82, 2.24) is 0 Å². The van der Waals surface area contributed by atoms with Crippen LogP contribution < -0.4 is 4.74 Å². The van der Waals surface area contributed by atoms with E-state index in [9.17, 15) is 4.39 Å². The molecule has 0 unspecified atom stereocenters. The molecule has 0 heterocycles. The van der Waals surface area contributed by atoms with Crippen LogP contribution in [0.2, 0.25) is 0 Å². The summed E-state index contributed by atoms with van der Waals surface area (Å²) in [4.78, 5) is 0. The second kappa shape index (κ2) is 9.55. The number of halogens is 2. The summed E-state index contributed by atoms with van der Waals surface area (Å²) in [5.41, 5.74) is 4.55. The number of rotatable bonds is 6. The molecule has 0 radical (unpaired) electrons. The molecule has 0 spiro atoms. The first-order valence-corrected chi connectivity index (χ1v) is 10.5. The third-order valence-corrected chi connectivity index (χ3v) is 5.61. The third kappa shape index (κ3) is 4.69. The standard InChI is InChI=1S/C27H20BrFO/c28-27(24-13-7-8-14-25(24)29)26(21-11-5-2-6-12-21)22-15-17-23(18-16-22)30-19-20-9-3-1-4-10-20/h1-18H,19H2/b27-26+. The highest BCUT2D eigenvalue weighted by molar-refractivity contribution is 9.15. The van der Waals surface area contributed by atoms with Crippen molar-refractivity contribution in [3.8, 4) is 5.75 Å². The molecule has 1 nitrogen and oxygen atoms in total. The molecular weight excluding hydrogens is 439 g/mol. The van der Waals surface area contributed by atoms with Crippen molar-refractivity contribution in [3.63, 3.8) is 0 Å². The van der Waals surface area contributed by atoms with Gasteiger partial charge in [-0.3, -0.25) is 0 Å². The van der Waals surface area contributed by atoms with Gasteiger partial charge in [0.1, 0.15) is 18.2 Å². The van der Waals surface area contributed by atoms with Gasteiger partial charge in [-0.25, -0.2) is 4.39 Å². The molecule has 0 saturated carbocycles. The van der Waals surface area contributed by atoms with E-state index in [-0.39, 0.29) is 5.82 Å². The molecule has 0 atom stereocenters. The Bertz CT molecular complexity index is 1140. The highest BCUT2D eigenvalue weighted by atomic mass is 79.9. The zero-order valence-electron chi connectivity index (χ0n) is 16.3. The van der Waals surface area contributed by atoms with Crippen LogP contribution in [0.4, 0.5) is 4.39 Å². The highest BCUT2D eigenvalue weighted by Gasteiger charge is 2.14. The molecule has 30 heavy (non-hydrogen) atoms. The van der Waals surface area contributed by atoms with Crippen LogP contribution in [0.5, 0.6) is 5.75 Å². The maximum absolute atomic E-state index is 14.5. The highest BCUT2D eigenvalue weighted by Crippen LogP contribution is 2.37. The molecule has 4 aromatic rings. The van der Waals surface area contributed by atoms with Crippen LogP contribution in [0.15, 0.2) is 109 Å². The Kier molecular flexibility index (Phi) is 6.41. The summed E-state index contributed by atoms with van der Waals surface area (Å²) < 4.78 is 21.1. The summed E-state index contributed by atoms with van der Waals surface area (Å²) in [5.74, 6) is 0.526. The van der Waals surface area contributed by atoms with Crippen LogP contribution in [0, 0.1) is 5.82 Å². The molecule has 0 bridgehead atoms. The molecule has 0 aliphatic rings. The van der Waals surface area contributed by atoms with Crippen LogP contribution >= 0.6 is 15.9 Å². The minimum atomic E-state index is -0.263. The van der Waals surface area contributed by atoms with Gasteiger partial charge in [0, 0.05) is 15.6 Å². The normalized spacial score (nSPS) is 11.7. The average molecular weight is 459 g/mol. The SMILES string of the molecule is Fc1ccccc1/C(Br)=C(/c1ccccc1)c1ccc(OCc2ccccc2)cc1. The first-order valence-electron chi connectivity index (χ1n) is 9.69. The maximum Gasteiger partial charge on any atom is 0.131 e. The van der Waals surface area contributed by atoms with Gasteiger partial charge in [0.2, 0.25) is 0 Å². The van der Waals surface area contributed by atoms with Crippen LogP contribution in [0.25, 0.3) is 10.1 Å². The predicted octanol–water partition coefficient (Wildman–Crippen LogP) is 7.72. The summed E-state index contributed by atoms with van der Waals surface area (Å²) in [5, 5.41) is 0. The minimum absolute atomic E-state index is 0.263. The fourth-order valence-electron chi connectivity index (χ4n) is 3.26. The molecule has 0 aromatic heterocycles. The van der Waals surface area contributed by atoms with Crippen molar-refractivity contribution in [2.45, 2.75) is 6.61 Å². The number of benzene rings is 4. The summed E-state index contributed by atoms with van der Waals surface area (Å²) in [6, 6.07) is 34.7. The molecule has 0 fully saturated rings. The molecule has 3 heteroatoms. The first kappa shape index (κ1) is 20.1. The van der Waals surface area contributed by atoms with E-state index in [1.807, 2.05) is 91.0 Å². The Morgan fingerprint density at radius 2 is 1.23 bits per heavy atom. The van der Waals surface area contributed by atoms with Crippen molar-refractivity contribution < 1.29 is 9.13 Å². The van der Waals surface area contributed by atoms with Crippen LogP contribution in [-0.2, 0) is 6.61 Å². The van der Waals surface area contributed by atoms with Gasteiger partial charge < -0.3 is 4.74 Å². The van der Waals surface area contributed by atoms with Crippen molar-refractivity contribution in [2.24, 2.45) is 0 Å². The first-order chi connectivity index (χ1) is 14.7. The topological polar surface area (TPSA) is 9.23 Å². The second-order valence-corrected chi connectivity index (χ2v) is 7.63. The van der Waals surface area contributed by atoms with Crippen molar-refractivity contribution in [2.75, 3.05) is 0 Å². The lowest BCUT2D eigenvalue weighted by molar-refractivity contribution is 0.306. The Labute approximate surface area is 184 Å². The van der Waals surface area contributed by atoms with Crippen LogP contribution in [0.3, 0.4) is 0 Å². The second-order valence-electron chi connectivity index (χ2n) is 6.83. The van der Waals surface area contributed by atoms with Gasteiger partial charge >= 0.3 is 0 Å². The molecule has 0 aliphatic carbocycles. The zero-order chi connectivity index (χ0) is 20.8. The van der Waals surface area contributed by atoms with Crippen molar-refractivity contribution in [3.05, 3.63) is 137 Å². The molecule has 4 aromatic carbocycles. The summed E-state index contributed by atoms with van der Waals surface area (Å²) >= 11 is 3.66. The Morgan fingerprint density at radius 3 is 1.90 bits per heavy atom. The van der Waals surface area contributed by atoms with Gasteiger partial charge in [0.05, 0.1) is 0 Å². The monoisotopic (exact) mass is 458 g/mol. The lowest BCUT2D eigenvalue weighted by Gasteiger charge is -2.14. The number of hydrogen-bond acceptors (Lipinski definition) is 1. The molecule has 148 valence electrons. The van der Waals surface area contributed by atoms with E-state index in [0.29, 0.717) is 16.7 Å². The van der Waals surface area contributed by atoms with E-state index in [0.717, 1.165) is 28.0 Å². The smallest absolute Gasteiger partial charge is 0.131 e. The van der Waals surface area contributed by atoms with Crippen molar-refractivity contribution in [1.29, 1.82) is 0 Å². The molecule has 0 aliphatic heterocycles. The summed E-state index contributed by atoms with van der Waals surface area (Å²) in [7, 11) is 0. The molecule has 4 rings (SSSR count). The van der Waals surface area contributed by atoms with Gasteiger partial charge in [-0.1, -0.05) is 91.0 Å². The molecule has 0 amide bonds. The van der Waals surface area contributed by atoms with Crippen molar-refractivity contribution >= 4 is 26.0 Å². The summed E-state index contributed by atoms with van der Waals surface area (Å²) in [6.07, 6.45) is 0. The van der Waals surface area contributed by atoms with E-state index in [1.54, 1.807) is 12.1 Å². The summed E-state index contributed by atoms with van der Waals surface area (Å²) in [6.45, 7) is 0.514. The van der Waals surface area contributed by atoms with E-state index >= 15 is 0 Å². The van der Waals surface area contributed by atoms with Crippen LogP contribution in [0.1, 0.15) is 22.3 Å².